The predicted octanol–water partition coefficient (Wildman–Crippen LogP) is 5.18. The van der Waals surface area contributed by atoms with E-state index in [9.17, 15) is 4.79 Å². The van der Waals surface area contributed by atoms with Crippen LogP contribution < -0.4 is 0 Å². The number of hydrogen-bond donors (Lipinski definition) is 0. The van der Waals surface area contributed by atoms with E-state index in [0.717, 1.165) is 34.3 Å². The molecule has 4 aromatic rings. The maximum absolute atomic E-state index is 13.4. The number of rotatable bonds is 4. The molecule has 1 aromatic heterocycles. The highest BCUT2D eigenvalue weighted by atomic mass is 16.2. The molecule has 0 spiro atoms. The third kappa shape index (κ3) is 3.70. The van der Waals surface area contributed by atoms with Gasteiger partial charge in [0.2, 0.25) is 0 Å². The molecule has 5 nitrogen and oxygen atoms in total. The van der Waals surface area contributed by atoms with Crippen molar-refractivity contribution in [2.45, 2.75) is 25.8 Å². The molecule has 0 aliphatic carbocycles. The Kier molecular flexibility index (Phi) is 5.00. The standard InChI is InChI=1S/C26H22N4O/c1-2-18-8-10-19(11-9-18)23-17-25(21-12-13-22-24(16-21)28-15-14-27-22)30(29-23)26(31)20-6-4-3-5-7-20/h3-16,25H,2,17H2,1H3/t25-/m0/s1. The first-order valence-corrected chi connectivity index (χ1v) is 10.5. The number of hydrogen-bond acceptors (Lipinski definition) is 4. The second kappa shape index (κ2) is 8.11. The quantitative estimate of drug-likeness (QED) is 0.469. The summed E-state index contributed by atoms with van der Waals surface area (Å²) in [5, 5.41) is 6.41. The smallest absolute Gasteiger partial charge is 0.267 e. The largest absolute Gasteiger partial charge is 0.274 e. The highest BCUT2D eigenvalue weighted by Crippen LogP contribution is 2.35. The number of benzene rings is 3. The van der Waals surface area contributed by atoms with Gasteiger partial charge in [-0.3, -0.25) is 14.8 Å². The Labute approximate surface area is 181 Å². The van der Waals surface area contributed by atoms with Crippen molar-refractivity contribution in [3.63, 3.8) is 0 Å². The fourth-order valence-electron chi connectivity index (χ4n) is 3.97. The molecule has 0 N–H and O–H groups in total. The molecular formula is C26H22N4O. The zero-order chi connectivity index (χ0) is 21.2. The Morgan fingerprint density at radius 1 is 0.935 bits per heavy atom. The average Bonchev–Trinajstić information content (AvgIpc) is 3.29. The van der Waals surface area contributed by atoms with E-state index in [1.807, 2.05) is 48.5 Å². The van der Waals surface area contributed by atoms with Crippen LogP contribution in [0.2, 0.25) is 0 Å². The maximum Gasteiger partial charge on any atom is 0.274 e. The maximum atomic E-state index is 13.4. The van der Waals surface area contributed by atoms with Gasteiger partial charge in [0.1, 0.15) is 0 Å². The van der Waals surface area contributed by atoms with E-state index in [-0.39, 0.29) is 11.9 Å². The van der Waals surface area contributed by atoms with Crippen LogP contribution in [-0.4, -0.2) is 26.6 Å². The SMILES string of the molecule is CCc1ccc(C2=NN(C(=O)c3ccccc3)[C@H](c3ccc4nccnc4c3)C2)cc1. The molecular weight excluding hydrogens is 384 g/mol. The van der Waals surface area contributed by atoms with Crippen LogP contribution in [0.4, 0.5) is 0 Å². The molecule has 1 aliphatic heterocycles. The van der Waals surface area contributed by atoms with Gasteiger partial charge in [0.25, 0.3) is 5.91 Å². The van der Waals surface area contributed by atoms with Crippen LogP contribution >= 0.6 is 0 Å². The van der Waals surface area contributed by atoms with Gasteiger partial charge >= 0.3 is 0 Å². The lowest BCUT2D eigenvalue weighted by Crippen LogP contribution is -2.27. The van der Waals surface area contributed by atoms with Crippen LogP contribution in [0.5, 0.6) is 0 Å². The molecule has 0 unspecified atom stereocenters. The van der Waals surface area contributed by atoms with Crippen molar-refractivity contribution in [3.05, 3.63) is 107 Å². The molecule has 2 heterocycles. The summed E-state index contributed by atoms with van der Waals surface area (Å²) in [6.07, 6.45) is 5.01. The van der Waals surface area contributed by atoms with Gasteiger partial charge in [0, 0.05) is 24.4 Å². The molecule has 0 saturated carbocycles. The molecule has 0 bridgehead atoms. The first-order chi connectivity index (χ1) is 15.2. The molecule has 3 aromatic carbocycles. The van der Waals surface area contributed by atoms with Crippen molar-refractivity contribution in [1.29, 1.82) is 0 Å². The summed E-state index contributed by atoms with van der Waals surface area (Å²) in [6.45, 7) is 2.14. The second-order valence-electron chi connectivity index (χ2n) is 7.64. The van der Waals surface area contributed by atoms with E-state index in [1.165, 1.54) is 5.56 Å². The zero-order valence-corrected chi connectivity index (χ0v) is 17.3. The van der Waals surface area contributed by atoms with E-state index in [1.54, 1.807) is 17.4 Å². The fourth-order valence-corrected chi connectivity index (χ4v) is 3.97. The Bertz CT molecular complexity index is 1270. The molecule has 31 heavy (non-hydrogen) atoms. The number of hydrazone groups is 1. The molecule has 152 valence electrons. The highest BCUT2D eigenvalue weighted by molar-refractivity contribution is 6.05. The minimum atomic E-state index is -0.194. The summed E-state index contributed by atoms with van der Waals surface area (Å²) in [7, 11) is 0. The van der Waals surface area contributed by atoms with Crippen molar-refractivity contribution in [1.82, 2.24) is 15.0 Å². The van der Waals surface area contributed by atoms with E-state index in [0.29, 0.717) is 12.0 Å². The fraction of sp³-hybridized carbons (Fsp3) is 0.154. The third-order valence-corrected chi connectivity index (χ3v) is 5.71. The van der Waals surface area contributed by atoms with Crippen molar-refractivity contribution in [2.75, 3.05) is 0 Å². The van der Waals surface area contributed by atoms with Crippen LogP contribution in [-0.2, 0) is 6.42 Å². The number of amides is 1. The lowest BCUT2D eigenvalue weighted by Gasteiger charge is -2.22. The van der Waals surface area contributed by atoms with Crippen LogP contribution in [0.15, 0.2) is 90.3 Å². The Morgan fingerprint density at radius 2 is 1.68 bits per heavy atom. The molecule has 1 aliphatic rings. The van der Waals surface area contributed by atoms with Crippen molar-refractivity contribution in [3.8, 4) is 0 Å². The summed E-state index contributed by atoms with van der Waals surface area (Å²) in [6, 6.07) is 23.5. The van der Waals surface area contributed by atoms with Gasteiger partial charge in [-0.15, -0.1) is 0 Å². The van der Waals surface area contributed by atoms with Gasteiger partial charge in [-0.1, -0.05) is 55.5 Å². The zero-order valence-electron chi connectivity index (χ0n) is 17.3. The van der Waals surface area contributed by atoms with Gasteiger partial charge in [-0.05, 0) is 47.4 Å². The summed E-state index contributed by atoms with van der Waals surface area (Å²) < 4.78 is 0. The number of fused-ring (bicyclic) bond motifs is 1. The van der Waals surface area contributed by atoms with E-state index < -0.39 is 0 Å². The number of aromatic nitrogens is 2. The van der Waals surface area contributed by atoms with E-state index in [4.69, 9.17) is 5.10 Å². The topological polar surface area (TPSA) is 58.5 Å². The number of nitrogens with zero attached hydrogens (tertiary/aromatic N) is 4. The monoisotopic (exact) mass is 406 g/mol. The van der Waals surface area contributed by atoms with Crippen molar-refractivity contribution in [2.24, 2.45) is 5.10 Å². The lowest BCUT2D eigenvalue weighted by molar-refractivity contribution is 0.0711. The van der Waals surface area contributed by atoms with Crippen LogP contribution in [0.1, 0.15) is 46.4 Å². The minimum Gasteiger partial charge on any atom is -0.267 e. The van der Waals surface area contributed by atoms with Crippen LogP contribution in [0.25, 0.3) is 11.0 Å². The number of carbonyl (C=O) groups excluding carboxylic acids is 1. The first kappa shape index (κ1) is 19.1. The van der Waals surface area contributed by atoms with Gasteiger partial charge in [-0.2, -0.15) is 5.10 Å². The summed E-state index contributed by atoms with van der Waals surface area (Å²) >= 11 is 0. The van der Waals surface area contributed by atoms with Crippen LogP contribution in [0.3, 0.4) is 0 Å². The van der Waals surface area contributed by atoms with Crippen molar-refractivity contribution < 1.29 is 4.79 Å². The second-order valence-corrected chi connectivity index (χ2v) is 7.64. The molecule has 0 fully saturated rings. The van der Waals surface area contributed by atoms with Gasteiger partial charge < -0.3 is 0 Å². The Morgan fingerprint density at radius 3 is 2.42 bits per heavy atom. The lowest BCUT2D eigenvalue weighted by atomic mass is 9.97. The predicted molar refractivity (Wildman–Crippen MR) is 122 cm³/mol. The van der Waals surface area contributed by atoms with Gasteiger partial charge in [-0.25, -0.2) is 5.01 Å². The van der Waals surface area contributed by atoms with E-state index in [2.05, 4.69) is 41.2 Å². The molecule has 0 radical (unpaired) electrons. The van der Waals surface area contributed by atoms with Gasteiger partial charge in [0.15, 0.2) is 0 Å². The van der Waals surface area contributed by atoms with E-state index >= 15 is 0 Å². The Balaban J connectivity index is 1.55. The minimum absolute atomic E-state index is 0.106. The normalized spacial score (nSPS) is 15.8. The van der Waals surface area contributed by atoms with Gasteiger partial charge in [0.05, 0.1) is 22.8 Å². The number of aryl methyl sites for hydroxylation is 1. The molecule has 5 rings (SSSR count). The third-order valence-electron chi connectivity index (χ3n) is 5.71. The summed E-state index contributed by atoms with van der Waals surface area (Å²) in [4.78, 5) is 22.2. The summed E-state index contributed by atoms with van der Waals surface area (Å²) in [5.74, 6) is -0.106. The average molecular weight is 406 g/mol. The number of carbonyl (C=O) groups is 1. The van der Waals surface area contributed by atoms with Crippen LogP contribution in [0, 0.1) is 0 Å². The molecule has 5 heteroatoms. The molecule has 1 amide bonds. The molecule has 1 atom stereocenters. The van der Waals surface area contributed by atoms with Crippen molar-refractivity contribution >= 4 is 22.7 Å². The first-order valence-electron chi connectivity index (χ1n) is 10.5. The Hall–Kier alpha value is -3.86. The summed E-state index contributed by atoms with van der Waals surface area (Å²) in [5.41, 5.74) is 6.52. The molecule has 0 saturated heterocycles. The highest BCUT2D eigenvalue weighted by Gasteiger charge is 2.33.